The van der Waals surface area contributed by atoms with E-state index in [0.717, 1.165) is 0 Å². The van der Waals surface area contributed by atoms with Crippen molar-refractivity contribution >= 4 is 23.9 Å². The Bertz CT molecular complexity index is 843. The molecule has 0 unspecified atom stereocenters. The van der Waals surface area contributed by atoms with Crippen molar-refractivity contribution in [3.05, 3.63) is 59.7 Å². The summed E-state index contributed by atoms with van der Waals surface area (Å²) in [4.78, 5) is 48.9. The number of ether oxygens (including phenoxy) is 3. The summed E-state index contributed by atoms with van der Waals surface area (Å²) < 4.78 is 15.4. The topological polar surface area (TPSA) is 96.0 Å². The van der Waals surface area contributed by atoms with Gasteiger partial charge in [0.25, 0.3) is 0 Å². The van der Waals surface area contributed by atoms with Gasteiger partial charge in [0.1, 0.15) is 22.6 Å². The van der Waals surface area contributed by atoms with Crippen molar-refractivity contribution in [1.82, 2.24) is 0 Å². The molecule has 0 fully saturated rings. The summed E-state index contributed by atoms with van der Waals surface area (Å²) in [6.45, 7) is 0. The van der Waals surface area contributed by atoms with Crippen LogP contribution >= 0.6 is 0 Å². The van der Waals surface area contributed by atoms with Crippen LogP contribution < -0.4 is 9.47 Å². The maximum atomic E-state index is 12.4. The van der Waals surface area contributed by atoms with Crippen LogP contribution in [0.2, 0.25) is 0 Å². The Kier molecular flexibility index (Phi) is 6.16. The first kappa shape index (κ1) is 19.3. The van der Waals surface area contributed by atoms with Crippen LogP contribution in [0.3, 0.4) is 0 Å². The number of carbonyl (C=O) groups is 4. The van der Waals surface area contributed by atoms with Gasteiger partial charge in [-0.15, -0.1) is 0 Å². The minimum Gasteiger partial charge on any atom is -0.426 e. The van der Waals surface area contributed by atoms with Gasteiger partial charge in [0.05, 0.1) is 0 Å². The third-order valence-electron chi connectivity index (χ3n) is 4.11. The first-order valence-corrected chi connectivity index (χ1v) is 8.90. The summed E-state index contributed by atoms with van der Waals surface area (Å²) in [5.41, 5.74) is -0.100. The van der Waals surface area contributed by atoms with E-state index in [2.05, 4.69) is 0 Å². The van der Waals surface area contributed by atoms with Crippen LogP contribution in [0.25, 0.3) is 0 Å². The van der Waals surface area contributed by atoms with Gasteiger partial charge in [0.2, 0.25) is 0 Å². The molecule has 0 aliphatic carbocycles. The van der Waals surface area contributed by atoms with E-state index in [1.165, 1.54) is 24.3 Å². The smallest absolute Gasteiger partial charge is 0.349 e. The summed E-state index contributed by atoms with van der Waals surface area (Å²) in [5.74, 6) is -2.91. The number of carbonyl (C=O) groups excluding carboxylic acids is 4. The number of cyclic esters (lactones) is 2. The lowest BCUT2D eigenvalue weighted by molar-refractivity contribution is -0.134. The van der Waals surface area contributed by atoms with E-state index in [0.29, 0.717) is 19.3 Å². The fourth-order valence-electron chi connectivity index (χ4n) is 2.71. The van der Waals surface area contributed by atoms with Gasteiger partial charge in [-0.05, 0) is 37.1 Å². The molecule has 1 aliphatic heterocycles. The van der Waals surface area contributed by atoms with Crippen molar-refractivity contribution in [1.29, 1.82) is 0 Å². The largest absolute Gasteiger partial charge is 0.426 e. The van der Waals surface area contributed by atoms with Crippen LogP contribution in [0.1, 0.15) is 52.8 Å². The molecule has 144 valence electrons. The highest BCUT2D eigenvalue weighted by atomic mass is 16.6. The predicted octanol–water partition coefficient (Wildman–Crippen LogP) is 3.46. The molecular formula is C21H18O7. The third-order valence-corrected chi connectivity index (χ3v) is 4.11. The van der Waals surface area contributed by atoms with Crippen molar-refractivity contribution in [3.63, 3.8) is 0 Å². The van der Waals surface area contributed by atoms with E-state index < -0.39 is 23.9 Å². The van der Waals surface area contributed by atoms with Crippen LogP contribution in [0, 0.1) is 0 Å². The molecule has 2 aromatic rings. The normalized spacial score (nSPS) is 16.3. The van der Waals surface area contributed by atoms with Gasteiger partial charge in [-0.1, -0.05) is 30.7 Å². The van der Waals surface area contributed by atoms with Crippen LogP contribution in [-0.4, -0.2) is 23.9 Å². The van der Waals surface area contributed by atoms with E-state index in [1.807, 2.05) is 0 Å². The highest BCUT2D eigenvalue weighted by molar-refractivity contribution is 6.05. The van der Waals surface area contributed by atoms with E-state index in [-0.39, 0.29) is 35.5 Å². The van der Waals surface area contributed by atoms with E-state index in [9.17, 15) is 19.2 Å². The Morgan fingerprint density at radius 1 is 0.536 bits per heavy atom. The maximum Gasteiger partial charge on any atom is 0.349 e. The Morgan fingerprint density at radius 3 is 1.43 bits per heavy atom. The molecule has 1 heterocycles. The SMILES string of the molecule is O=C1CCCCCC(=O)Oc2ccccc2C(=O)OC(=O)c2ccccc2O1. The van der Waals surface area contributed by atoms with Crippen LogP contribution in [0.5, 0.6) is 11.5 Å². The van der Waals surface area contributed by atoms with Crippen LogP contribution in [0.4, 0.5) is 0 Å². The summed E-state index contributed by atoms with van der Waals surface area (Å²) in [5, 5.41) is 0. The monoisotopic (exact) mass is 382 g/mol. The van der Waals surface area contributed by atoms with Gasteiger partial charge in [-0.25, -0.2) is 9.59 Å². The van der Waals surface area contributed by atoms with Crippen molar-refractivity contribution in [2.45, 2.75) is 32.1 Å². The van der Waals surface area contributed by atoms with Crippen molar-refractivity contribution in [3.8, 4) is 11.5 Å². The lowest BCUT2D eigenvalue weighted by atomic mass is 10.1. The fraction of sp³-hybridized carbons (Fsp3) is 0.238. The standard InChI is InChI=1S/C21H18O7/c22-18-12-2-1-3-13-19(23)27-17-11-7-5-9-15(17)21(25)28-20(24)14-8-4-6-10-16(14)26-18/h4-11H,1-3,12-13H2. The summed E-state index contributed by atoms with van der Waals surface area (Å²) in [6.07, 6.45) is 1.98. The second-order valence-electron chi connectivity index (χ2n) is 6.18. The van der Waals surface area contributed by atoms with Gasteiger partial charge in [-0.2, -0.15) is 0 Å². The molecule has 0 spiro atoms. The molecule has 0 radical (unpaired) electrons. The minimum absolute atomic E-state index is 0.0251. The average molecular weight is 382 g/mol. The van der Waals surface area contributed by atoms with Gasteiger partial charge in [0, 0.05) is 12.8 Å². The molecule has 0 saturated heterocycles. The Hall–Kier alpha value is -3.48. The number of para-hydroxylation sites is 2. The minimum atomic E-state index is -0.971. The second-order valence-corrected chi connectivity index (χ2v) is 6.18. The molecule has 28 heavy (non-hydrogen) atoms. The molecule has 0 amide bonds. The van der Waals surface area contributed by atoms with Crippen molar-refractivity contribution in [2.24, 2.45) is 0 Å². The van der Waals surface area contributed by atoms with Crippen molar-refractivity contribution in [2.75, 3.05) is 0 Å². The Balaban J connectivity index is 1.92. The Labute approximate surface area is 161 Å². The van der Waals surface area contributed by atoms with Gasteiger partial charge >= 0.3 is 23.9 Å². The molecule has 7 heteroatoms. The zero-order valence-corrected chi connectivity index (χ0v) is 15.0. The van der Waals surface area contributed by atoms with Gasteiger partial charge in [0.15, 0.2) is 0 Å². The highest BCUT2D eigenvalue weighted by Gasteiger charge is 2.23. The molecule has 0 atom stereocenters. The molecule has 0 bridgehead atoms. The molecule has 0 aromatic heterocycles. The number of rotatable bonds is 0. The molecule has 1 aliphatic rings. The summed E-state index contributed by atoms with van der Waals surface area (Å²) in [7, 11) is 0. The van der Waals surface area contributed by atoms with Crippen LogP contribution in [0.15, 0.2) is 48.5 Å². The van der Waals surface area contributed by atoms with E-state index in [4.69, 9.17) is 14.2 Å². The first-order chi connectivity index (χ1) is 13.5. The first-order valence-electron chi connectivity index (χ1n) is 8.90. The quantitative estimate of drug-likeness (QED) is 0.391. The number of hydrogen-bond donors (Lipinski definition) is 0. The molecule has 7 nitrogen and oxygen atoms in total. The zero-order chi connectivity index (χ0) is 19.9. The number of benzene rings is 2. The van der Waals surface area contributed by atoms with Gasteiger partial charge in [-0.3, -0.25) is 9.59 Å². The molecular weight excluding hydrogens is 364 g/mol. The molecule has 3 rings (SSSR count). The second kappa shape index (κ2) is 8.94. The van der Waals surface area contributed by atoms with Crippen LogP contribution in [-0.2, 0) is 14.3 Å². The van der Waals surface area contributed by atoms with E-state index in [1.54, 1.807) is 24.3 Å². The molecule has 2 aromatic carbocycles. The molecule has 0 N–H and O–H groups in total. The van der Waals surface area contributed by atoms with Gasteiger partial charge < -0.3 is 14.2 Å². The lowest BCUT2D eigenvalue weighted by Crippen LogP contribution is -2.18. The highest BCUT2D eigenvalue weighted by Crippen LogP contribution is 2.24. The number of hydrogen-bond acceptors (Lipinski definition) is 7. The zero-order valence-electron chi connectivity index (χ0n) is 15.0. The lowest BCUT2D eigenvalue weighted by Gasteiger charge is -2.12. The average Bonchev–Trinajstić information content (AvgIpc) is 2.67. The summed E-state index contributed by atoms with van der Waals surface area (Å²) in [6, 6.07) is 12.0. The molecule has 0 saturated carbocycles. The summed E-state index contributed by atoms with van der Waals surface area (Å²) >= 11 is 0. The Morgan fingerprint density at radius 2 is 0.964 bits per heavy atom. The van der Waals surface area contributed by atoms with E-state index >= 15 is 0 Å². The van der Waals surface area contributed by atoms with Crippen molar-refractivity contribution < 1.29 is 33.4 Å². The number of esters is 4. The predicted molar refractivity (Wildman–Crippen MR) is 97.0 cm³/mol. The fourth-order valence-corrected chi connectivity index (χ4v) is 2.71. The number of fused-ring (bicyclic) bond motifs is 2. The maximum absolute atomic E-state index is 12.4. The third kappa shape index (κ3) is 4.82.